The van der Waals surface area contributed by atoms with Gasteiger partial charge in [0, 0.05) is 44.5 Å². The monoisotopic (exact) mass is 427 g/mol. The molecule has 0 saturated carbocycles. The number of aromatic nitrogens is 3. The number of ether oxygens (including phenoxy) is 1. The normalized spacial score (nSPS) is 18.8. The Balaban J connectivity index is 1.75. The van der Waals surface area contributed by atoms with Gasteiger partial charge in [-0.25, -0.2) is 4.98 Å². The molecule has 2 unspecified atom stereocenters. The fraction of sp³-hybridized carbons (Fsp3) is 0.286. The zero-order valence-electron chi connectivity index (χ0n) is 16.0. The molecule has 6 nitrogen and oxygen atoms in total. The van der Waals surface area contributed by atoms with Crippen LogP contribution in [-0.2, 0) is 4.74 Å². The molecule has 1 aliphatic rings. The Morgan fingerprint density at radius 3 is 2.79 bits per heavy atom. The lowest BCUT2D eigenvalue weighted by molar-refractivity contribution is 0.180. The van der Waals surface area contributed by atoms with Gasteiger partial charge in [0.15, 0.2) is 5.11 Å². The number of pyridine rings is 2. The molecule has 4 heterocycles. The second-order valence-electron chi connectivity index (χ2n) is 6.80. The van der Waals surface area contributed by atoms with Crippen molar-refractivity contribution in [3.05, 3.63) is 77.5 Å². The Labute approximate surface area is 180 Å². The van der Waals surface area contributed by atoms with Crippen molar-refractivity contribution in [2.24, 2.45) is 0 Å². The summed E-state index contributed by atoms with van der Waals surface area (Å²) < 4.78 is 7.33. The molecule has 2 atom stereocenters. The Morgan fingerprint density at radius 2 is 2.07 bits per heavy atom. The lowest BCUT2D eigenvalue weighted by Gasteiger charge is -2.28. The number of hydrogen-bond donors (Lipinski definition) is 1. The van der Waals surface area contributed by atoms with Crippen LogP contribution in [0.3, 0.4) is 0 Å². The Hall–Kier alpha value is -2.48. The van der Waals surface area contributed by atoms with Crippen LogP contribution in [0.15, 0.2) is 61.1 Å². The highest BCUT2D eigenvalue weighted by Gasteiger charge is 2.41. The summed E-state index contributed by atoms with van der Waals surface area (Å²) in [4.78, 5) is 11.3. The molecule has 4 rings (SSSR count). The predicted octanol–water partition coefficient (Wildman–Crippen LogP) is 3.93. The lowest BCUT2D eigenvalue weighted by Crippen LogP contribution is -2.32. The Bertz CT molecular complexity index is 963. The zero-order valence-corrected chi connectivity index (χ0v) is 17.6. The number of rotatable bonds is 7. The van der Waals surface area contributed by atoms with Gasteiger partial charge in [-0.15, -0.1) is 0 Å². The van der Waals surface area contributed by atoms with Crippen LogP contribution < -0.4 is 5.32 Å². The molecule has 0 radical (unpaired) electrons. The van der Waals surface area contributed by atoms with Gasteiger partial charge in [0.05, 0.1) is 22.8 Å². The number of hydrogen-bond acceptors (Lipinski definition) is 4. The second kappa shape index (κ2) is 8.90. The molecule has 8 heteroatoms. The van der Waals surface area contributed by atoms with E-state index >= 15 is 0 Å². The Kier molecular flexibility index (Phi) is 6.08. The molecule has 3 aromatic heterocycles. The third-order valence-corrected chi connectivity index (χ3v) is 5.56. The van der Waals surface area contributed by atoms with Crippen LogP contribution in [-0.4, -0.2) is 44.8 Å². The minimum absolute atomic E-state index is 0.0262. The first-order valence-electron chi connectivity index (χ1n) is 9.45. The summed E-state index contributed by atoms with van der Waals surface area (Å²) >= 11 is 11.7. The maximum absolute atomic E-state index is 6.03. The molecule has 0 bridgehead atoms. The first-order chi connectivity index (χ1) is 14.2. The number of nitrogens with one attached hydrogen (secondary N) is 1. The van der Waals surface area contributed by atoms with Crippen LogP contribution >= 0.6 is 23.8 Å². The van der Waals surface area contributed by atoms with Crippen LogP contribution in [0, 0.1) is 0 Å². The molecule has 0 aliphatic carbocycles. The van der Waals surface area contributed by atoms with Crippen molar-refractivity contribution in [3.63, 3.8) is 0 Å². The maximum atomic E-state index is 6.03. The third-order valence-electron chi connectivity index (χ3n) is 4.99. The summed E-state index contributed by atoms with van der Waals surface area (Å²) in [5.41, 5.74) is 2.03. The average molecular weight is 428 g/mol. The smallest absolute Gasteiger partial charge is 0.170 e. The van der Waals surface area contributed by atoms with Crippen molar-refractivity contribution in [1.82, 2.24) is 24.8 Å². The van der Waals surface area contributed by atoms with E-state index in [1.807, 2.05) is 48.8 Å². The van der Waals surface area contributed by atoms with E-state index in [-0.39, 0.29) is 12.1 Å². The summed E-state index contributed by atoms with van der Waals surface area (Å²) in [7, 11) is 1.71. The molecular weight excluding hydrogens is 406 g/mol. The molecule has 0 spiro atoms. The number of methoxy groups -OCH3 is 1. The van der Waals surface area contributed by atoms with Gasteiger partial charge in [-0.05, 0) is 55.0 Å². The van der Waals surface area contributed by atoms with Crippen molar-refractivity contribution in [2.45, 2.75) is 18.5 Å². The van der Waals surface area contributed by atoms with Crippen molar-refractivity contribution in [1.29, 1.82) is 0 Å². The molecule has 0 amide bonds. The Morgan fingerprint density at radius 1 is 1.17 bits per heavy atom. The van der Waals surface area contributed by atoms with Crippen molar-refractivity contribution >= 4 is 28.9 Å². The van der Waals surface area contributed by atoms with Gasteiger partial charge >= 0.3 is 0 Å². The molecule has 3 aromatic rings. The summed E-state index contributed by atoms with van der Waals surface area (Å²) in [5.74, 6) is 0.809. The molecule has 0 aromatic carbocycles. The van der Waals surface area contributed by atoms with Crippen LogP contribution in [0.4, 0.5) is 0 Å². The van der Waals surface area contributed by atoms with E-state index in [1.54, 1.807) is 13.3 Å². The fourth-order valence-corrected chi connectivity index (χ4v) is 4.14. The van der Waals surface area contributed by atoms with Crippen molar-refractivity contribution in [2.75, 3.05) is 20.3 Å². The largest absolute Gasteiger partial charge is 0.385 e. The standard InChI is InChI=1S/C21H22ClN5OS/c1-28-13-5-12-27-20(19(25-21(27)29)16-6-2-3-10-23-16)17-7-4-11-26(17)18-9-8-15(22)14-24-18/h2-4,6-11,14,19-20H,5,12-13H2,1H3,(H,25,29). The summed E-state index contributed by atoms with van der Waals surface area (Å²) in [6.45, 7) is 1.47. The molecule has 150 valence electrons. The van der Waals surface area contributed by atoms with E-state index in [0.717, 1.165) is 35.3 Å². The molecule has 1 fully saturated rings. The van der Waals surface area contributed by atoms with Crippen molar-refractivity contribution < 1.29 is 4.74 Å². The van der Waals surface area contributed by atoms with Gasteiger partial charge < -0.3 is 19.5 Å². The second-order valence-corrected chi connectivity index (χ2v) is 7.63. The van der Waals surface area contributed by atoms with E-state index in [2.05, 4.69) is 30.8 Å². The minimum Gasteiger partial charge on any atom is -0.385 e. The average Bonchev–Trinajstić information content (AvgIpc) is 3.34. The van der Waals surface area contributed by atoms with Crippen LogP contribution in [0.5, 0.6) is 0 Å². The number of thiocarbonyl (C=S) groups is 1. The van der Waals surface area contributed by atoms with E-state index in [9.17, 15) is 0 Å². The van der Waals surface area contributed by atoms with Crippen LogP contribution in [0.2, 0.25) is 5.02 Å². The molecule has 1 saturated heterocycles. The molecule has 1 N–H and O–H groups in total. The highest BCUT2D eigenvalue weighted by atomic mass is 35.5. The predicted molar refractivity (Wildman–Crippen MR) is 117 cm³/mol. The summed E-state index contributed by atoms with van der Waals surface area (Å²) in [6.07, 6.45) is 6.36. The topological polar surface area (TPSA) is 55.2 Å². The van der Waals surface area contributed by atoms with Gasteiger partial charge in [0.1, 0.15) is 5.82 Å². The van der Waals surface area contributed by atoms with E-state index in [0.29, 0.717) is 11.6 Å². The highest BCUT2D eigenvalue weighted by molar-refractivity contribution is 7.80. The fourth-order valence-electron chi connectivity index (χ4n) is 3.70. The van der Waals surface area contributed by atoms with Crippen LogP contribution in [0.25, 0.3) is 5.82 Å². The molecule has 29 heavy (non-hydrogen) atoms. The number of nitrogens with zero attached hydrogens (tertiary/aromatic N) is 4. The number of halogens is 1. The summed E-state index contributed by atoms with van der Waals surface area (Å²) in [5, 5.41) is 4.80. The van der Waals surface area contributed by atoms with Gasteiger partial charge in [0.25, 0.3) is 0 Å². The quantitative estimate of drug-likeness (QED) is 0.455. The van der Waals surface area contributed by atoms with Gasteiger partial charge in [0.2, 0.25) is 0 Å². The zero-order chi connectivity index (χ0) is 20.2. The van der Waals surface area contributed by atoms with Gasteiger partial charge in [-0.1, -0.05) is 17.7 Å². The lowest BCUT2D eigenvalue weighted by atomic mass is 10.0. The maximum Gasteiger partial charge on any atom is 0.170 e. The summed E-state index contributed by atoms with van der Waals surface area (Å²) in [6, 6.07) is 13.7. The van der Waals surface area contributed by atoms with Crippen molar-refractivity contribution in [3.8, 4) is 5.82 Å². The molecular formula is C21H22ClN5OS. The highest BCUT2D eigenvalue weighted by Crippen LogP contribution is 2.39. The third kappa shape index (κ3) is 4.12. The van der Waals surface area contributed by atoms with Crippen LogP contribution in [0.1, 0.15) is 29.9 Å². The van der Waals surface area contributed by atoms with Gasteiger partial charge in [-0.2, -0.15) is 0 Å². The molecule has 1 aliphatic heterocycles. The van der Waals surface area contributed by atoms with Gasteiger partial charge in [-0.3, -0.25) is 4.98 Å². The van der Waals surface area contributed by atoms with E-state index in [4.69, 9.17) is 28.6 Å². The minimum atomic E-state index is -0.0628. The van der Waals surface area contributed by atoms with E-state index in [1.165, 1.54) is 0 Å². The van der Waals surface area contributed by atoms with E-state index < -0.39 is 0 Å². The first-order valence-corrected chi connectivity index (χ1v) is 10.2. The first kappa shape index (κ1) is 19.8. The SMILES string of the molecule is COCCCN1C(=S)NC(c2ccccn2)C1c1cccn1-c1ccc(Cl)cn1.